The highest BCUT2D eigenvalue weighted by Gasteiger charge is 2.12. The van der Waals surface area contributed by atoms with Crippen LogP contribution in [0, 0.1) is 0 Å². The topological polar surface area (TPSA) is 106 Å². The summed E-state index contributed by atoms with van der Waals surface area (Å²) in [5.74, 6) is 0. The predicted octanol–water partition coefficient (Wildman–Crippen LogP) is 1.84. The molecule has 0 atom stereocenters. The number of rotatable bonds is 2. The highest BCUT2D eigenvalue weighted by Crippen LogP contribution is 2.30. The first-order chi connectivity index (χ1) is 12.6. The van der Waals surface area contributed by atoms with Crippen LogP contribution in [-0.4, -0.2) is 35.0 Å². The number of aromatic nitrogens is 7. The number of hydrogen-bond donors (Lipinski definition) is 2. The van der Waals surface area contributed by atoms with Crippen molar-refractivity contribution in [3.05, 3.63) is 46.8 Å². The first-order valence-electron chi connectivity index (χ1n) is 8.02. The van der Waals surface area contributed by atoms with Gasteiger partial charge in [-0.3, -0.25) is 4.79 Å². The summed E-state index contributed by atoms with van der Waals surface area (Å²) in [7, 11) is 3.55. The van der Waals surface area contributed by atoms with E-state index in [1.165, 1.54) is 15.7 Å². The van der Waals surface area contributed by atoms with Crippen LogP contribution in [0.2, 0.25) is 0 Å². The molecule has 26 heavy (non-hydrogen) atoms. The third-order valence-corrected chi connectivity index (χ3v) is 4.22. The molecule has 128 valence electrons. The van der Waals surface area contributed by atoms with E-state index in [4.69, 9.17) is 0 Å². The fraction of sp³-hybridized carbons (Fsp3) is 0.118. The molecule has 0 amide bonds. The van der Waals surface area contributed by atoms with Crippen LogP contribution in [0.3, 0.4) is 0 Å². The Morgan fingerprint density at radius 3 is 2.50 bits per heavy atom. The van der Waals surface area contributed by atoms with Gasteiger partial charge in [-0.2, -0.15) is 30.0 Å². The summed E-state index contributed by atoms with van der Waals surface area (Å²) in [6.45, 7) is 0. The fourth-order valence-electron chi connectivity index (χ4n) is 3.19. The summed E-state index contributed by atoms with van der Waals surface area (Å²) in [6, 6.07) is 10.9. The van der Waals surface area contributed by atoms with Crippen molar-refractivity contribution in [2.24, 2.45) is 14.1 Å². The van der Waals surface area contributed by atoms with E-state index in [9.17, 15) is 4.79 Å². The molecule has 3 aromatic heterocycles. The van der Waals surface area contributed by atoms with E-state index in [0.717, 1.165) is 33.1 Å². The molecule has 2 N–H and O–H groups in total. The third-order valence-electron chi connectivity index (χ3n) is 4.22. The maximum absolute atomic E-state index is 12.1. The van der Waals surface area contributed by atoms with E-state index in [2.05, 4.69) is 30.7 Å². The average molecular weight is 346 g/mol. The van der Waals surface area contributed by atoms with Crippen LogP contribution in [0.5, 0.6) is 0 Å². The minimum Gasteiger partial charge on any atom is -0.355 e. The molecule has 0 bridgehead atoms. The highest BCUT2D eigenvalue weighted by molar-refractivity contribution is 6.09. The molecular weight excluding hydrogens is 332 g/mol. The lowest BCUT2D eigenvalue weighted by Gasteiger charge is -2.09. The van der Waals surface area contributed by atoms with E-state index >= 15 is 0 Å². The van der Waals surface area contributed by atoms with Gasteiger partial charge < -0.3 is 10.3 Å². The van der Waals surface area contributed by atoms with E-state index < -0.39 is 0 Å². The van der Waals surface area contributed by atoms with Gasteiger partial charge in [0.2, 0.25) is 5.56 Å². The zero-order valence-corrected chi connectivity index (χ0v) is 14.1. The normalized spacial score (nSPS) is 11.6. The molecule has 2 aromatic carbocycles. The summed E-state index contributed by atoms with van der Waals surface area (Å²) < 4.78 is 0. The minimum absolute atomic E-state index is 0.191. The second-order valence-electron chi connectivity index (χ2n) is 6.11. The number of hydrogen-bond acceptors (Lipinski definition) is 6. The molecule has 3 heterocycles. The first kappa shape index (κ1) is 14.6. The molecule has 0 unspecified atom stereocenters. The Kier molecular flexibility index (Phi) is 2.87. The van der Waals surface area contributed by atoms with Gasteiger partial charge in [0.15, 0.2) is 0 Å². The predicted molar refractivity (Wildman–Crippen MR) is 98.4 cm³/mol. The van der Waals surface area contributed by atoms with Crippen molar-refractivity contribution < 1.29 is 0 Å². The van der Waals surface area contributed by atoms with Crippen LogP contribution < -0.4 is 10.9 Å². The monoisotopic (exact) mass is 346 g/mol. The van der Waals surface area contributed by atoms with Crippen LogP contribution in [0.4, 0.5) is 11.4 Å². The first-order valence-corrected chi connectivity index (χ1v) is 8.02. The maximum atomic E-state index is 12.1. The van der Waals surface area contributed by atoms with Crippen LogP contribution in [0.25, 0.3) is 33.0 Å². The van der Waals surface area contributed by atoms with Gasteiger partial charge in [0.1, 0.15) is 22.1 Å². The Morgan fingerprint density at radius 1 is 0.885 bits per heavy atom. The van der Waals surface area contributed by atoms with E-state index in [1.807, 2.05) is 30.3 Å². The maximum Gasteiger partial charge on any atom is 0.250 e. The largest absolute Gasteiger partial charge is 0.355 e. The molecule has 0 aliphatic rings. The summed E-state index contributed by atoms with van der Waals surface area (Å²) >= 11 is 0. The molecule has 0 saturated carbocycles. The van der Waals surface area contributed by atoms with Crippen molar-refractivity contribution in [3.63, 3.8) is 0 Å². The molecule has 9 nitrogen and oxygen atoms in total. The summed E-state index contributed by atoms with van der Waals surface area (Å²) in [4.78, 5) is 18.0. The lowest BCUT2D eigenvalue weighted by atomic mass is 10.1. The number of aromatic amines is 1. The van der Waals surface area contributed by atoms with Crippen molar-refractivity contribution in [2.45, 2.75) is 0 Å². The molecular formula is C17H14N8O. The number of fused-ring (bicyclic) bond motifs is 4. The van der Waals surface area contributed by atoms with Crippen LogP contribution in [0.1, 0.15) is 0 Å². The van der Waals surface area contributed by atoms with E-state index in [0.29, 0.717) is 11.2 Å². The van der Waals surface area contributed by atoms with Gasteiger partial charge in [0, 0.05) is 25.8 Å². The number of pyridine rings is 1. The Hall–Kier alpha value is -3.75. The van der Waals surface area contributed by atoms with Gasteiger partial charge in [0.05, 0.1) is 16.6 Å². The Balaban J connectivity index is 1.73. The van der Waals surface area contributed by atoms with E-state index in [-0.39, 0.29) is 5.56 Å². The van der Waals surface area contributed by atoms with Gasteiger partial charge >= 0.3 is 0 Å². The number of benzene rings is 2. The number of H-pyrrole nitrogens is 1. The number of aryl methyl sites for hydroxylation is 2. The molecule has 0 fully saturated rings. The number of nitrogens with zero attached hydrogens (tertiary/aromatic N) is 6. The molecule has 0 aliphatic heterocycles. The fourth-order valence-corrected chi connectivity index (χ4v) is 3.19. The van der Waals surface area contributed by atoms with Crippen molar-refractivity contribution in [2.75, 3.05) is 5.32 Å². The summed E-state index contributed by atoms with van der Waals surface area (Å²) in [6.07, 6.45) is 0. The minimum atomic E-state index is -0.191. The zero-order valence-electron chi connectivity index (χ0n) is 14.1. The number of nitrogens with one attached hydrogen (secondary N) is 2. The Bertz CT molecular complexity index is 1360. The van der Waals surface area contributed by atoms with Gasteiger partial charge in [-0.1, -0.05) is 0 Å². The average Bonchev–Trinajstić information content (AvgIpc) is 3.14. The van der Waals surface area contributed by atoms with Gasteiger partial charge in [-0.05, 0) is 30.3 Å². The SMILES string of the molecule is Cn1nc2ccc(Nc3cc(=O)[nH]c4ccc5nn(C)nc5c34)cc2n1. The van der Waals surface area contributed by atoms with Crippen molar-refractivity contribution >= 4 is 44.3 Å². The zero-order chi connectivity index (χ0) is 17.8. The van der Waals surface area contributed by atoms with Crippen LogP contribution >= 0.6 is 0 Å². The Labute approximate surface area is 146 Å². The van der Waals surface area contributed by atoms with Gasteiger partial charge in [-0.25, -0.2) is 0 Å². The van der Waals surface area contributed by atoms with Crippen LogP contribution in [0.15, 0.2) is 41.2 Å². The van der Waals surface area contributed by atoms with Gasteiger partial charge in [-0.15, -0.1) is 0 Å². The third kappa shape index (κ3) is 2.21. The number of anilines is 2. The Morgan fingerprint density at radius 2 is 1.62 bits per heavy atom. The van der Waals surface area contributed by atoms with Crippen molar-refractivity contribution in [1.82, 2.24) is 35.0 Å². The van der Waals surface area contributed by atoms with Crippen molar-refractivity contribution in [1.29, 1.82) is 0 Å². The highest BCUT2D eigenvalue weighted by atomic mass is 16.1. The van der Waals surface area contributed by atoms with E-state index in [1.54, 1.807) is 14.1 Å². The standard InChI is InChI=1S/C17H14N8O/c1-24-20-10-4-3-9(7-13(10)22-24)18-14-8-15(26)19-11-5-6-12-17(16(11)14)23-25(2)21-12/h3-8H,1-2H3,(H2,18,19,26). The van der Waals surface area contributed by atoms with Crippen LogP contribution in [-0.2, 0) is 14.1 Å². The second-order valence-corrected chi connectivity index (χ2v) is 6.11. The smallest absolute Gasteiger partial charge is 0.250 e. The second kappa shape index (κ2) is 5.12. The molecule has 9 heteroatoms. The molecule has 5 aromatic rings. The quantitative estimate of drug-likeness (QED) is 0.505. The lowest BCUT2D eigenvalue weighted by Crippen LogP contribution is -2.06. The molecule has 0 saturated heterocycles. The lowest BCUT2D eigenvalue weighted by molar-refractivity contribution is 0.665. The molecule has 0 radical (unpaired) electrons. The molecule has 0 spiro atoms. The van der Waals surface area contributed by atoms with Gasteiger partial charge in [0.25, 0.3) is 0 Å². The summed E-state index contributed by atoms with van der Waals surface area (Å²) in [5, 5.41) is 21.5. The summed E-state index contributed by atoms with van der Waals surface area (Å²) in [5.41, 5.74) is 5.06. The molecule has 5 rings (SSSR count). The molecule has 0 aliphatic carbocycles. The van der Waals surface area contributed by atoms with Crippen molar-refractivity contribution in [3.8, 4) is 0 Å².